The van der Waals surface area contributed by atoms with Crippen LogP contribution < -0.4 is 5.32 Å². The molecule has 0 aromatic heterocycles. The largest absolute Gasteiger partial charge is 0.302 e. The minimum atomic E-state index is 0.479. The molecule has 0 aliphatic heterocycles. The molecule has 0 aliphatic carbocycles. The molecule has 0 unspecified atom stereocenters. The molecule has 0 aliphatic rings. The summed E-state index contributed by atoms with van der Waals surface area (Å²) in [4.78, 5) is 0. The van der Waals surface area contributed by atoms with Gasteiger partial charge in [-0.1, -0.05) is 13.8 Å². The van der Waals surface area contributed by atoms with Crippen LogP contribution in [0.3, 0.4) is 0 Å². The maximum atomic E-state index is 8.19. The van der Waals surface area contributed by atoms with Gasteiger partial charge in [0.05, 0.1) is 12.6 Å². The van der Waals surface area contributed by atoms with Crippen molar-refractivity contribution in [2.75, 3.05) is 6.54 Å². The summed E-state index contributed by atoms with van der Waals surface area (Å²) in [5, 5.41) is 11.3. The molecule has 0 aromatic carbocycles. The first-order chi connectivity index (χ1) is 4.35. The quantitative estimate of drug-likeness (QED) is 0.576. The van der Waals surface area contributed by atoms with Crippen molar-refractivity contribution >= 4 is 0 Å². The zero-order valence-electron chi connectivity index (χ0n) is 6.15. The summed E-state index contributed by atoms with van der Waals surface area (Å²) in [5.74, 6) is 0. The van der Waals surface area contributed by atoms with E-state index in [1.165, 1.54) is 0 Å². The second-order valence-corrected chi connectivity index (χ2v) is 2.05. The summed E-state index contributed by atoms with van der Waals surface area (Å²) in [5.41, 5.74) is 0. The molecule has 0 aromatic rings. The van der Waals surface area contributed by atoms with Crippen LogP contribution in [0.25, 0.3) is 0 Å². The van der Waals surface area contributed by atoms with Crippen LogP contribution in [0.1, 0.15) is 26.7 Å². The van der Waals surface area contributed by atoms with E-state index in [4.69, 9.17) is 5.26 Å². The van der Waals surface area contributed by atoms with Crippen molar-refractivity contribution < 1.29 is 0 Å². The van der Waals surface area contributed by atoms with Gasteiger partial charge in [0.2, 0.25) is 0 Å². The SMILES string of the molecule is CCC(CC)NCC#N. The fraction of sp³-hybridized carbons (Fsp3) is 0.857. The van der Waals surface area contributed by atoms with Crippen LogP contribution in [0.4, 0.5) is 0 Å². The van der Waals surface area contributed by atoms with Gasteiger partial charge in [0.1, 0.15) is 0 Å². The van der Waals surface area contributed by atoms with E-state index in [-0.39, 0.29) is 0 Å². The Labute approximate surface area is 56.9 Å². The van der Waals surface area contributed by atoms with Gasteiger partial charge in [-0.25, -0.2) is 0 Å². The van der Waals surface area contributed by atoms with Crippen LogP contribution in [-0.4, -0.2) is 12.6 Å². The molecule has 0 radical (unpaired) electrons. The Hall–Kier alpha value is -0.550. The Balaban J connectivity index is 3.22. The zero-order valence-corrected chi connectivity index (χ0v) is 6.15. The van der Waals surface area contributed by atoms with E-state index in [1.807, 2.05) is 0 Å². The second-order valence-electron chi connectivity index (χ2n) is 2.05. The van der Waals surface area contributed by atoms with E-state index in [0.29, 0.717) is 12.6 Å². The first kappa shape index (κ1) is 8.45. The van der Waals surface area contributed by atoms with Crippen LogP contribution in [-0.2, 0) is 0 Å². The molecular weight excluding hydrogens is 112 g/mol. The minimum Gasteiger partial charge on any atom is -0.302 e. The molecule has 0 spiro atoms. The predicted octanol–water partition coefficient (Wildman–Crippen LogP) is 1.29. The lowest BCUT2D eigenvalue weighted by Crippen LogP contribution is -2.27. The molecule has 52 valence electrons. The molecule has 0 heterocycles. The highest BCUT2D eigenvalue weighted by Gasteiger charge is 1.98. The average molecular weight is 126 g/mol. The highest BCUT2D eigenvalue weighted by atomic mass is 14.9. The third-order valence-corrected chi connectivity index (χ3v) is 1.46. The van der Waals surface area contributed by atoms with Crippen molar-refractivity contribution in [3.8, 4) is 6.07 Å². The molecule has 0 amide bonds. The molecule has 9 heavy (non-hydrogen) atoms. The second kappa shape index (κ2) is 5.58. The summed E-state index contributed by atoms with van der Waals surface area (Å²) >= 11 is 0. The summed E-state index contributed by atoms with van der Waals surface area (Å²) in [6, 6.07) is 2.59. The van der Waals surface area contributed by atoms with Gasteiger partial charge >= 0.3 is 0 Å². The summed E-state index contributed by atoms with van der Waals surface area (Å²) in [6.07, 6.45) is 2.22. The number of nitrogens with zero attached hydrogens (tertiary/aromatic N) is 1. The molecule has 0 atom stereocenters. The van der Waals surface area contributed by atoms with Gasteiger partial charge in [-0.15, -0.1) is 0 Å². The number of hydrogen-bond acceptors (Lipinski definition) is 2. The molecule has 1 N–H and O–H groups in total. The van der Waals surface area contributed by atoms with Crippen LogP contribution in [0, 0.1) is 11.3 Å². The van der Waals surface area contributed by atoms with E-state index in [2.05, 4.69) is 25.2 Å². The summed E-state index contributed by atoms with van der Waals surface area (Å²) in [6.45, 7) is 4.73. The maximum Gasteiger partial charge on any atom is 0.0843 e. The predicted molar refractivity (Wildman–Crippen MR) is 38.0 cm³/mol. The lowest BCUT2D eigenvalue weighted by atomic mass is 10.2. The highest BCUT2D eigenvalue weighted by Crippen LogP contribution is 1.93. The van der Waals surface area contributed by atoms with Crippen LogP contribution in [0.2, 0.25) is 0 Å². The van der Waals surface area contributed by atoms with Gasteiger partial charge < -0.3 is 5.32 Å². The van der Waals surface area contributed by atoms with Gasteiger partial charge in [-0.3, -0.25) is 0 Å². The topological polar surface area (TPSA) is 35.8 Å². The van der Waals surface area contributed by atoms with Crippen molar-refractivity contribution in [1.82, 2.24) is 5.32 Å². The number of rotatable bonds is 4. The zero-order chi connectivity index (χ0) is 7.11. The maximum absolute atomic E-state index is 8.19. The fourth-order valence-electron chi connectivity index (χ4n) is 0.767. The lowest BCUT2D eigenvalue weighted by Gasteiger charge is -2.10. The van der Waals surface area contributed by atoms with Crippen LogP contribution in [0.15, 0.2) is 0 Å². The molecule has 2 nitrogen and oxygen atoms in total. The van der Waals surface area contributed by atoms with Gasteiger partial charge in [-0.05, 0) is 12.8 Å². The third kappa shape index (κ3) is 3.99. The van der Waals surface area contributed by atoms with Crippen molar-refractivity contribution in [2.24, 2.45) is 0 Å². The smallest absolute Gasteiger partial charge is 0.0843 e. The average Bonchev–Trinajstić information content (AvgIpc) is 1.91. The van der Waals surface area contributed by atoms with E-state index < -0.39 is 0 Å². The number of nitrogens with one attached hydrogen (secondary N) is 1. The Morgan fingerprint density at radius 2 is 2.00 bits per heavy atom. The van der Waals surface area contributed by atoms with Gasteiger partial charge in [0.15, 0.2) is 0 Å². The summed E-state index contributed by atoms with van der Waals surface area (Å²) < 4.78 is 0. The monoisotopic (exact) mass is 126 g/mol. The lowest BCUT2D eigenvalue weighted by molar-refractivity contribution is 0.512. The molecule has 0 rings (SSSR count). The Bertz CT molecular complexity index is 89.6. The first-order valence-electron chi connectivity index (χ1n) is 3.45. The molecular formula is C7H14N2. The molecule has 0 bridgehead atoms. The van der Waals surface area contributed by atoms with Crippen molar-refractivity contribution in [1.29, 1.82) is 5.26 Å². The van der Waals surface area contributed by atoms with Crippen LogP contribution >= 0.6 is 0 Å². The highest BCUT2D eigenvalue weighted by molar-refractivity contribution is 4.76. The third-order valence-electron chi connectivity index (χ3n) is 1.46. The van der Waals surface area contributed by atoms with Gasteiger partial charge in [0.25, 0.3) is 0 Å². The van der Waals surface area contributed by atoms with Crippen LogP contribution in [0.5, 0.6) is 0 Å². The first-order valence-corrected chi connectivity index (χ1v) is 3.45. The molecule has 0 saturated heterocycles. The summed E-state index contributed by atoms with van der Waals surface area (Å²) in [7, 11) is 0. The van der Waals surface area contributed by atoms with Crippen molar-refractivity contribution in [2.45, 2.75) is 32.7 Å². The van der Waals surface area contributed by atoms with E-state index in [1.54, 1.807) is 0 Å². The van der Waals surface area contributed by atoms with Crippen molar-refractivity contribution in [3.63, 3.8) is 0 Å². The fourth-order valence-corrected chi connectivity index (χ4v) is 0.767. The Morgan fingerprint density at radius 3 is 2.33 bits per heavy atom. The van der Waals surface area contributed by atoms with Crippen molar-refractivity contribution in [3.05, 3.63) is 0 Å². The minimum absolute atomic E-state index is 0.479. The van der Waals surface area contributed by atoms with Gasteiger partial charge in [0, 0.05) is 6.04 Å². The van der Waals surface area contributed by atoms with E-state index >= 15 is 0 Å². The molecule has 0 saturated carbocycles. The Morgan fingerprint density at radius 1 is 1.44 bits per heavy atom. The van der Waals surface area contributed by atoms with Gasteiger partial charge in [-0.2, -0.15) is 5.26 Å². The normalized spacial score (nSPS) is 9.56. The molecule has 2 heteroatoms. The standard InChI is InChI=1S/C7H14N2/c1-3-7(4-2)9-6-5-8/h7,9H,3-4,6H2,1-2H3. The van der Waals surface area contributed by atoms with E-state index in [9.17, 15) is 0 Å². The number of hydrogen-bond donors (Lipinski definition) is 1. The molecule has 0 fully saturated rings. The number of nitriles is 1. The van der Waals surface area contributed by atoms with E-state index in [0.717, 1.165) is 12.8 Å². The Kier molecular flexibility index (Phi) is 5.24.